The van der Waals surface area contributed by atoms with Crippen molar-refractivity contribution in [2.75, 3.05) is 6.54 Å². The number of hydrogen-bond donors (Lipinski definition) is 0. The number of benzene rings is 2. The van der Waals surface area contributed by atoms with E-state index < -0.39 is 8.32 Å². The third kappa shape index (κ3) is 6.17. The Morgan fingerprint density at radius 2 is 1.52 bits per heavy atom. The van der Waals surface area contributed by atoms with Crippen LogP contribution in [0.15, 0.2) is 72.8 Å². The Balaban J connectivity index is 1.90. The summed E-state index contributed by atoms with van der Waals surface area (Å²) in [5.41, 5.74) is 2.24. The highest BCUT2D eigenvalue weighted by Crippen LogP contribution is 2.38. The van der Waals surface area contributed by atoms with Crippen molar-refractivity contribution in [2.45, 2.75) is 70.3 Å². The van der Waals surface area contributed by atoms with E-state index in [1.807, 2.05) is 41.3 Å². The van der Waals surface area contributed by atoms with Crippen molar-refractivity contribution in [3.63, 3.8) is 0 Å². The predicted octanol–water partition coefficient (Wildman–Crippen LogP) is 6.54. The second-order valence-corrected chi connectivity index (χ2v) is 14.9. The zero-order valence-electron chi connectivity index (χ0n) is 19.7. The van der Waals surface area contributed by atoms with Gasteiger partial charge in [0.2, 0.25) is 5.91 Å². The lowest BCUT2D eigenvalue weighted by Gasteiger charge is -2.40. The molecular weight excluding hydrogens is 398 g/mol. The number of carbonyl (C=O) groups is 1. The second-order valence-electron chi connectivity index (χ2n) is 10.1. The van der Waals surface area contributed by atoms with Crippen molar-refractivity contribution in [3.05, 3.63) is 83.9 Å². The molecule has 0 unspecified atom stereocenters. The van der Waals surface area contributed by atoms with Gasteiger partial charge in [-0.2, -0.15) is 0 Å². The average molecular weight is 436 g/mol. The topological polar surface area (TPSA) is 29.5 Å². The SMILES string of the molecule is CC(C)(C)[Si](C)(C)O[C@@H]1C/C=C/C[C@H](c2ccccc2)C(=O)N(Cc2ccccc2)C1. The van der Waals surface area contributed by atoms with Crippen molar-refractivity contribution in [1.29, 1.82) is 0 Å². The van der Waals surface area contributed by atoms with Gasteiger partial charge in [-0.1, -0.05) is 93.6 Å². The molecule has 0 fully saturated rings. The molecule has 166 valence electrons. The molecule has 1 aliphatic rings. The van der Waals surface area contributed by atoms with Crippen molar-refractivity contribution in [1.82, 2.24) is 4.90 Å². The monoisotopic (exact) mass is 435 g/mol. The predicted molar refractivity (Wildman–Crippen MR) is 131 cm³/mol. The molecule has 2 aromatic rings. The van der Waals surface area contributed by atoms with Gasteiger partial charge in [-0.15, -0.1) is 0 Å². The van der Waals surface area contributed by atoms with Crippen molar-refractivity contribution in [2.24, 2.45) is 0 Å². The van der Waals surface area contributed by atoms with Crippen LogP contribution in [0.1, 0.15) is 50.7 Å². The van der Waals surface area contributed by atoms with Crippen LogP contribution >= 0.6 is 0 Å². The van der Waals surface area contributed by atoms with Crippen LogP contribution in [-0.2, 0) is 15.8 Å². The first-order chi connectivity index (χ1) is 14.7. The normalized spacial score (nSPS) is 21.8. The molecule has 2 atom stereocenters. The summed E-state index contributed by atoms with van der Waals surface area (Å²) < 4.78 is 6.79. The summed E-state index contributed by atoms with van der Waals surface area (Å²) in [4.78, 5) is 15.8. The van der Waals surface area contributed by atoms with E-state index in [2.05, 4.69) is 70.3 Å². The van der Waals surface area contributed by atoms with Crippen LogP contribution in [0.5, 0.6) is 0 Å². The fraction of sp³-hybridized carbons (Fsp3) is 0.444. The molecule has 1 heterocycles. The van der Waals surface area contributed by atoms with E-state index in [0.717, 1.165) is 24.0 Å². The summed E-state index contributed by atoms with van der Waals surface area (Å²) >= 11 is 0. The van der Waals surface area contributed by atoms with Crippen LogP contribution < -0.4 is 0 Å². The molecule has 0 radical (unpaired) electrons. The maximum absolute atomic E-state index is 13.8. The molecule has 0 aliphatic carbocycles. The van der Waals surface area contributed by atoms with E-state index in [0.29, 0.717) is 13.1 Å². The summed E-state index contributed by atoms with van der Waals surface area (Å²) in [6.45, 7) is 12.6. The largest absolute Gasteiger partial charge is 0.412 e. The van der Waals surface area contributed by atoms with E-state index in [9.17, 15) is 4.79 Å². The average Bonchev–Trinajstić information content (AvgIpc) is 2.79. The lowest BCUT2D eigenvalue weighted by Crippen LogP contribution is -2.48. The Morgan fingerprint density at radius 1 is 0.935 bits per heavy atom. The van der Waals surface area contributed by atoms with Crippen LogP contribution in [-0.4, -0.2) is 31.8 Å². The third-order valence-electron chi connectivity index (χ3n) is 6.66. The molecule has 0 N–H and O–H groups in total. The fourth-order valence-electron chi connectivity index (χ4n) is 3.80. The van der Waals surface area contributed by atoms with Gasteiger partial charge in [-0.05, 0) is 42.1 Å². The number of nitrogens with zero attached hydrogens (tertiary/aromatic N) is 1. The smallest absolute Gasteiger partial charge is 0.230 e. The summed E-state index contributed by atoms with van der Waals surface area (Å²) in [5, 5.41) is 0.135. The van der Waals surface area contributed by atoms with Crippen molar-refractivity contribution in [3.8, 4) is 0 Å². The van der Waals surface area contributed by atoms with Gasteiger partial charge < -0.3 is 9.33 Å². The molecule has 0 saturated carbocycles. The highest BCUT2D eigenvalue weighted by atomic mass is 28.4. The number of rotatable bonds is 5. The van der Waals surface area contributed by atoms with Crippen LogP contribution in [0.4, 0.5) is 0 Å². The summed E-state index contributed by atoms with van der Waals surface area (Å²) in [6.07, 6.45) is 5.96. The van der Waals surface area contributed by atoms with Crippen molar-refractivity contribution >= 4 is 14.2 Å². The molecule has 3 nitrogen and oxygen atoms in total. The first kappa shape index (κ1) is 23.5. The Labute approximate surface area is 189 Å². The van der Waals surface area contributed by atoms with Gasteiger partial charge in [0.15, 0.2) is 8.32 Å². The molecule has 1 aliphatic heterocycles. The van der Waals surface area contributed by atoms with Crippen LogP contribution in [0.2, 0.25) is 18.1 Å². The van der Waals surface area contributed by atoms with Gasteiger partial charge in [0, 0.05) is 13.1 Å². The van der Waals surface area contributed by atoms with Crippen LogP contribution in [0, 0.1) is 0 Å². The highest BCUT2D eigenvalue weighted by molar-refractivity contribution is 6.74. The van der Waals surface area contributed by atoms with E-state index in [4.69, 9.17) is 4.43 Å². The molecule has 0 aromatic heterocycles. The van der Waals surface area contributed by atoms with E-state index in [-0.39, 0.29) is 23.0 Å². The van der Waals surface area contributed by atoms with E-state index >= 15 is 0 Å². The molecule has 1 amide bonds. The Bertz CT molecular complexity index is 871. The molecule has 3 rings (SSSR count). The van der Waals surface area contributed by atoms with Gasteiger partial charge in [0.1, 0.15) is 0 Å². The fourth-order valence-corrected chi connectivity index (χ4v) is 5.16. The summed E-state index contributed by atoms with van der Waals surface area (Å²) in [7, 11) is -1.94. The Hall–Kier alpha value is -2.17. The second kappa shape index (κ2) is 9.97. The zero-order valence-corrected chi connectivity index (χ0v) is 20.7. The Morgan fingerprint density at radius 3 is 2.13 bits per heavy atom. The van der Waals surface area contributed by atoms with E-state index in [1.54, 1.807) is 0 Å². The standard InChI is InChI=1S/C27H37NO2Si/c1-27(2,3)31(4,5)30-24-18-12-13-19-25(23-16-10-7-11-17-23)26(29)28(21-24)20-22-14-8-6-9-15-22/h6-17,24-25H,18-21H2,1-5H3/b13-12+/t24-,25-/m1/s1. The molecule has 31 heavy (non-hydrogen) atoms. The molecular formula is C27H37NO2Si. The van der Waals surface area contributed by atoms with Crippen LogP contribution in [0.25, 0.3) is 0 Å². The van der Waals surface area contributed by atoms with Gasteiger partial charge in [0.25, 0.3) is 0 Å². The lowest BCUT2D eigenvalue weighted by molar-refractivity contribution is -0.134. The molecule has 0 bridgehead atoms. The quantitative estimate of drug-likeness (QED) is 0.394. The minimum atomic E-state index is -1.94. The minimum Gasteiger partial charge on any atom is -0.412 e. The summed E-state index contributed by atoms with van der Waals surface area (Å²) in [5.74, 6) is 0.0261. The van der Waals surface area contributed by atoms with E-state index in [1.165, 1.54) is 0 Å². The van der Waals surface area contributed by atoms with Gasteiger partial charge in [-0.3, -0.25) is 4.79 Å². The number of carbonyl (C=O) groups excluding carboxylic acids is 1. The highest BCUT2D eigenvalue weighted by Gasteiger charge is 2.40. The first-order valence-electron chi connectivity index (χ1n) is 11.4. The Kier molecular flexibility index (Phi) is 7.55. The maximum Gasteiger partial charge on any atom is 0.230 e. The zero-order chi connectivity index (χ0) is 22.5. The summed E-state index contributed by atoms with van der Waals surface area (Å²) in [6, 6.07) is 20.5. The number of allylic oxidation sites excluding steroid dienone is 1. The first-order valence-corrected chi connectivity index (χ1v) is 14.3. The van der Waals surface area contributed by atoms with Gasteiger partial charge in [-0.25, -0.2) is 0 Å². The van der Waals surface area contributed by atoms with Crippen LogP contribution in [0.3, 0.4) is 0 Å². The van der Waals surface area contributed by atoms with Gasteiger partial charge >= 0.3 is 0 Å². The number of hydrogen-bond acceptors (Lipinski definition) is 2. The third-order valence-corrected chi connectivity index (χ3v) is 11.2. The maximum atomic E-state index is 13.8. The van der Waals surface area contributed by atoms with Crippen molar-refractivity contribution < 1.29 is 9.22 Å². The molecule has 4 heteroatoms. The molecule has 2 aromatic carbocycles. The number of amides is 1. The minimum absolute atomic E-state index is 0.0133. The lowest BCUT2D eigenvalue weighted by atomic mass is 9.94. The van der Waals surface area contributed by atoms with Gasteiger partial charge in [0.05, 0.1) is 12.0 Å². The molecule has 0 saturated heterocycles. The molecule has 0 spiro atoms.